The predicted octanol–water partition coefficient (Wildman–Crippen LogP) is 1.99. The van der Waals surface area contributed by atoms with Gasteiger partial charge >= 0.3 is 0 Å². The monoisotopic (exact) mass is 383 g/mol. The minimum Gasteiger partial charge on any atom is -0.352 e. The van der Waals surface area contributed by atoms with Gasteiger partial charge in [0.05, 0.1) is 5.92 Å². The third-order valence-electron chi connectivity index (χ3n) is 4.73. The fourth-order valence-corrected chi connectivity index (χ4v) is 4.32. The highest BCUT2D eigenvalue weighted by atomic mass is 32.1. The molecule has 1 amide bonds. The fraction of sp³-hybridized carbons (Fsp3) is 0.368. The second-order valence-corrected chi connectivity index (χ2v) is 7.74. The van der Waals surface area contributed by atoms with Gasteiger partial charge in [0.15, 0.2) is 0 Å². The van der Waals surface area contributed by atoms with Crippen LogP contribution in [-0.4, -0.2) is 33.6 Å². The Labute approximate surface area is 160 Å². The SMILES string of the molecule is Cc1cc(=O)n2nc(N3CCC[C@H](C(=O)NCc4ccccc4)C3)sc2n1. The van der Waals surface area contributed by atoms with Gasteiger partial charge < -0.3 is 10.2 Å². The Morgan fingerprint density at radius 1 is 1.33 bits per heavy atom. The number of fused-ring (bicyclic) bond motifs is 1. The van der Waals surface area contributed by atoms with E-state index in [-0.39, 0.29) is 17.4 Å². The summed E-state index contributed by atoms with van der Waals surface area (Å²) in [5, 5.41) is 8.19. The first-order valence-corrected chi connectivity index (χ1v) is 9.86. The molecule has 0 saturated carbocycles. The Morgan fingerprint density at radius 3 is 2.96 bits per heavy atom. The van der Waals surface area contributed by atoms with Crippen LogP contribution in [0.2, 0.25) is 0 Å². The van der Waals surface area contributed by atoms with Crippen molar-refractivity contribution in [2.24, 2.45) is 5.92 Å². The zero-order valence-electron chi connectivity index (χ0n) is 15.1. The minimum absolute atomic E-state index is 0.0656. The quantitative estimate of drug-likeness (QED) is 0.745. The molecule has 27 heavy (non-hydrogen) atoms. The van der Waals surface area contributed by atoms with Gasteiger partial charge in [-0.2, -0.15) is 4.52 Å². The standard InChI is InChI=1S/C19H21N5O2S/c1-13-10-16(25)24-18(21-13)27-19(22-24)23-9-5-8-15(12-23)17(26)20-11-14-6-3-2-4-7-14/h2-4,6-7,10,15H,5,8-9,11-12H2,1H3,(H,20,26)/t15-/m0/s1. The summed E-state index contributed by atoms with van der Waals surface area (Å²) in [7, 11) is 0. The molecule has 1 aromatic carbocycles. The van der Waals surface area contributed by atoms with Crippen LogP contribution in [0.1, 0.15) is 24.1 Å². The van der Waals surface area contributed by atoms with Gasteiger partial charge in [0.1, 0.15) is 0 Å². The topological polar surface area (TPSA) is 79.6 Å². The molecule has 0 spiro atoms. The van der Waals surface area contributed by atoms with Gasteiger partial charge in [0, 0.05) is 31.4 Å². The Kier molecular flexibility index (Phi) is 4.89. The maximum Gasteiger partial charge on any atom is 0.275 e. The van der Waals surface area contributed by atoms with Crippen molar-refractivity contribution in [2.75, 3.05) is 18.0 Å². The molecule has 0 unspecified atom stereocenters. The van der Waals surface area contributed by atoms with Crippen molar-refractivity contribution in [2.45, 2.75) is 26.3 Å². The number of rotatable bonds is 4. The molecule has 3 aromatic rings. The van der Waals surface area contributed by atoms with E-state index in [1.807, 2.05) is 30.3 Å². The lowest BCUT2D eigenvalue weighted by Crippen LogP contribution is -2.43. The molecular formula is C19H21N5O2S. The molecule has 1 fully saturated rings. The molecule has 140 valence electrons. The number of anilines is 1. The molecule has 1 atom stereocenters. The van der Waals surface area contributed by atoms with E-state index in [4.69, 9.17) is 0 Å². The Hall–Kier alpha value is -2.74. The predicted molar refractivity (Wildman–Crippen MR) is 105 cm³/mol. The van der Waals surface area contributed by atoms with E-state index in [9.17, 15) is 9.59 Å². The maximum absolute atomic E-state index is 12.6. The van der Waals surface area contributed by atoms with E-state index in [1.165, 1.54) is 21.9 Å². The number of carbonyl (C=O) groups excluding carboxylic acids is 1. The number of aromatic nitrogens is 3. The van der Waals surface area contributed by atoms with Crippen LogP contribution in [0, 0.1) is 12.8 Å². The number of amides is 1. The van der Waals surface area contributed by atoms with Crippen LogP contribution in [0.15, 0.2) is 41.2 Å². The average Bonchev–Trinajstić information content (AvgIpc) is 3.11. The van der Waals surface area contributed by atoms with Crippen LogP contribution < -0.4 is 15.8 Å². The van der Waals surface area contributed by atoms with Crippen molar-refractivity contribution in [3.8, 4) is 0 Å². The highest BCUT2D eigenvalue weighted by Crippen LogP contribution is 2.27. The summed E-state index contributed by atoms with van der Waals surface area (Å²) in [6.45, 7) is 3.77. The molecule has 0 bridgehead atoms. The van der Waals surface area contributed by atoms with Crippen LogP contribution in [-0.2, 0) is 11.3 Å². The van der Waals surface area contributed by atoms with Gasteiger partial charge in [0.2, 0.25) is 16.0 Å². The number of piperidine rings is 1. The summed E-state index contributed by atoms with van der Waals surface area (Å²) in [5.74, 6) is -0.0170. The van der Waals surface area contributed by atoms with Crippen LogP contribution >= 0.6 is 11.3 Å². The lowest BCUT2D eigenvalue weighted by Gasteiger charge is -2.31. The lowest BCUT2D eigenvalue weighted by molar-refractivity contribution is -0.125. The lowest BCUT2D eigenvalue weighted by atomic mass is 9.97. The largest absolute Gasteiger partial charge is 0.352 e. The number of nitrogens with zero attached hydrogens (tertiary/aromatic N) is 4. The second-order valence-electron chi connectivity index (χ2n) is 6.80. The maximum atomic E-state index is 12.6. The van der Waals surface area contributed by atoms with Crippen molar-refractivity contribution in [3.63, 3.8) is 0 Å². The molecule has 1 aliphatic rings. The zero-order valence-corrected chi connectivity index (χ0v) is 15.9. The highest BCUT2D eigenvalue weighted by molar-refractivity contribution is 7.20. The molecule has 1 aliphatic heterocycles. The summed E-state index contributed by atoms with van der Waals surface area (Å²) >= 11 is 1.39. The number of benzene rings is 1. The Morgan fingerprint density at radius 2 is 2.15 bits per heavy atom. The average molecular weight is 383 g/mol. The van der Waals surface area contributed by atoms with Gasteiger partial charge in [-0.05, 0) is 25.3 Å². The van der Waals surface area contributed by atoms with E-state index in [1.54, 1.807) is 6.92 Å². The fourth-order valence-electron chi connectivity index (χ4n) is 3.33. The van der Waals surface area contributed by atoms with Crippen molar-refractivity contribution in [3.05, 3.63) is 58.0 Å². The van der Waals surface area contributed by atoms with E-state index >= 15 is 0 Å². The first kappa shape index (κ1) is 17.7. The third kappa shape index (κ3) is 3.85. The summed E-state index contributed by atoms with van der Waals surface area (Å²) < 4.78 is 1.34. The molecule has 2 aromatic heterocycles. The third-order valence-corrected chi connectivity index (χ3v) is 5.70. The zero-order chi connectivity index (χ0) is 18.8. The van der Waals surface area contributed by atoms with Crippen molar-refractivity contribution in [1.29, 1.82) is 0 Å². The molecule has 3 heterocycles. The van der Waals surface area contributed by atoms with E-state index < -0.39 is 0 Å². The molecule has 4 rings (SSSR count). The van der Waals surface area contributed by atoms with Crippen LogP contribution in [0.25, 0.3) is 4.96 Å². The van der Waals surface area contributed by atoms with Crippen LogP contribution in [0.5, 0.6) is 0 Å². The number of hydrogen-bond donors (Lipinski definition) is 1. The van der Waals surface area contributed by atoms with E-state index in [0.29, 0.717) is 23.7 Å². The van der Waals surface area contributed by atoms with E-state index in [0.717, 1.165) is 30.1 Å². The normalized spacial score (nSPS) is 17.2. The van der Waals surface area contributed by atoms with Crippen molar-refractivity contribution >= 4 is 27.3 Å². The van der Waals surface area contributed by atoms with E-state index in [2.05, 4.69) is 20.3 Å². The molecule has 0 radical (unpaired) electrons. The number of nitrogens with one attached hydrogen (secondary N) is 1. The Bertz CT molecular complexity index is 1010. The van der Waals surface area contributed by atoms with Gasteiger partial charge in [-0.3, -0.25) is 9.59 Å². The molecule has 0 aliphatic carbocycles. The summed E-state index contributed by atoms with van der Waals surface area (Å²) in [5.41, 5.74) is 1.60. The second kappa shape index (κ2) is 7.48. The molecule has 7 nitrogen and oxygen atoms in total. The summed E-state index contributed by atoms with van der Waals surface area (Å²) in [4.78, 5) is 31.7. The smallest absolute Gasteiger partial charge is 0.275 e. The Balaban J connectivity index is 1.45. The molecular weight excluding hydrogens is 362 g/mol. The number of carbonyl (C=O) groups is 1. The molecule has 1 saturated heterocycles. The minimum atomic E-state index is -0.172. The van der Waals surface area contributed by atoms with Gasteiger partial charge in [-0.25, -0.2) is 4.98 Å². The van der Waals surface area contributed by atoms with Crippen molar-refractivity contribution in [1.82, 2.24) is 19.9 Å². The summed E-state index contributed by atoms with van der Waals surface area (Å²) in [6, 6.07) is 11.4. The van der Waals surface area contributed by atoms with Crippen LogP contribution in [0.3, 0.4) is 0 Å². The summed E-state index contributed by atoms with van der Waals surface area (Å²) in [6.07, 6.45) is 1.78. The van der Waals surface area contributed by atoms with Gasteiger partial charge in [-0.1, -0.05) is 41.7 Å². The number of hydrogen-bond acceptors (Lipinski definition) is 6. The first-order chi connectivity index (χ1) is 13.1. The number of aryl methyl sites for hydroxylation is 1. The highest BCUT2D eigenvalue weighted by Gasteiger charge is 2.27. The molecule has 1 N–H and O–H groups in total. The van der Waals surface area contributed by atoms with Gasteiger partial charge in [0.25, 0.3) is 5.56 Å². The van der Waals surface area contributed by atoms with Crippen molar-refractivity contribution < 1.29 is 4.79 Å². The first-order valence-electron chi connectivity index (χ1n) is 9.04. The molecule has 8 heteroatoms. The van der Waals surface area contributed by atoms with Crippen LogP contribution in [0.4, 0.5) is 5.13 Å². The van der Waals surface area contributed by atoms with Gasteiger partial charge in [-0.15, -0.1) is 5.10 Å².